The number of thiophene rings is 1. The molecule has 17 heavy (non-hydrogen) atoms. The van der Waals surface area contributed by atoms with Gasteiger partial charge in [0.25, 0.3) is 0 Å². The highest BCUT2D eigenvalue weighted by molar-refractivity contribution is 7.16. The minimum Gasteiger partial charge on any atom is -0.390 e. The third kappa shape index (κ3) is 4.07. The normalized spacial score (nSPS) is 16.2. The quantitative estimate of drug-likeness (QED) is 0.672. The number of rotatable bonds is 4. The summed E-state index contributed by atoms with van der Waals surface area (Å²) in [6.45, 7) is 10.0. The van der Waals surface area contributed by atoms with Gasteiger partial charge >= 0.3 is 0 Å². The summed E-state index contributed by atoms with van der Waals surface area (Å²) in [5, 5.41) is 10.7. The molecule has 1 unspecified atom stereocenters. The summed E-state index contributed by atoms with van der Waals surface area (Å²) in [7, 11) is -0.964. The van der Waals surface area contributed by atoms with Gasteiger partial charge in [0.05, 0.1) is 4.34 Å². The third-order valence-corrected chi connectivity index (χ3v) is 4.56. The summed E-state index contributed by atoms with van der Waals surface area (Å²) in [4.78, 5) is 1.05. The van der Waals surface area contributed by atoms with E-state index in [0.29, 0.717) is 6.42 Å². The van der Waals surface area contributed by atoms with Gasteiger partial charge in [-0.25, -0.2) is 0 Å². The molecule has 0 aromatic carbocycles. The zero-order valence-electron chi connectivity index (χ0n) is 11.0. The molecule has 1 radical (unpaired) electrons. The second kappa shape index (κ2) is 5.41. The van der Waals surface area contributed by atoms with E-state index >= 15 is 0 Å². The molecule has 1 N–H and O–H groups in total. The van der Waals surface area contributed by atoms with Crippen molar-refractivity contribution in [1.82, 2.24) is 0 Å². The Morgan fingerprint density at radius 1 is 1.35 bits per heavy atom. The van der Waals surface area contributed by atoms with Crippen molar-refractivity contribution in [3.8, 4) is 0 Å². The molecule has 0 aliphatic rings. The number of hydrogen-bond acceptors (Lipinski definition) is 3. The molecule has 0 spiro atoms. The molecular formula is C12H20ClO2SSi. The SMILES string of the molecule is C[Si](C)OC(O)(Cc1ccc(Cl)s1)C(C)(C)C. The van der Waals surface area contributed by atoms with Crippen LogP contribution in [0.1, 0.15) is 25.6 Å². The molecule has 1 atom stereocenters. The fourth-order valence-electron chi connectivity index (χ4n) is 1.47. The number of halogens is 1. The van der Waals surface area contributed by atoms with Crippen LogP contribution in [0.3, 0.4) is 0 Å². The van der Waals surface area contributed by atoms with E-state index in [1.54, 1.807) is 0 Å². The van der Waals surface area contributed by atoms with Crippen LogP contribution < -0.4 is 0 Å². The van der Waals surface area contributed by atoms with Crippen molar-refractivity contribution < 1.29 is 9.53 Å². The van der Waals surface area contributed by atoms with Crippen molar-refractivity contribution >= 4 is 32.0 Å². The van der Waals surface area contributed by atoms with E-state index in [4.69, 9.17) is 16.0 Å². The van der Waals surface area contributed by atoms with Crippen molar-refractivity contribution in [3.05, 3.63) is 21.3 Å². The average molecular weight is 292 g/mol. The van der Waals surface area contributed by atoms with Crippen LogP contribution in [0, 0.1) is 5.41 Å². The molecule has 1 rings (SSSR count). The zero-order valence-corrected chi connectivity index (χ0v) is 13.6. The highest BCUT2D eigenvalue weighted by Crippen LogP contribution is 2.37. The Labute approximate surface area is 114 Å². The van der Waals surface area contributed by atoms with E-state index in [0.717, 1.165) is 9.21 Å². The fraction of sp³-hybridized carbons (Fsp3) is 0.667. The van der Waals surface area contributed by atoms with Gasteiger partial charge < -0.3 is 9.53 Å². The number of hydrogen-bond donors (Lipinski definition) is 1. The second-order valence-electron chi connectivity index (χ2n) is 5.43. The van der Waals surface area contributed by atoms with Crippen molar-refractivity contribution in [1.29, 1.82) is 0 Å². The van der Waals surface area contributed by atoms with E-state index in [1.165, 1.54) is 11.3 Å². The molecule has 0 amide bonds. The molecule has 0 saturated carbocycles. The lowest BCUT2D eigenvalue weighted by atomic mass is 9.83. The van der Waals surface area contributed by atoms with Gasteiger partial charge in [-0.2, -0.15) is 0 Å². The molecule has 1 aromatic heterocycles. The first kappa shape index (κ1) is 15.2. The van der Waals surface area contributed by atoms with Crippen LogP contribution in [0.4, 0.5) is 0 Å². The topological polar surface area (TPSA) is 29.5 Å². The molecular weight excluding hydrogens is 272 g/mol. The maximum atomic E-state index is 10.7. The van der Waals surface area contributed by atoms with Gasteiger partial charge in [-0.3, -0.25) is 0 Å². The van der Waals surface area contributed by atoms with Crippen molar-refractivity contribution in [2.24, 2.45) is 5.41 Å². The fourth-order valence-corrected chi connectivity index (χ4v) is 3.68. The summed E-state index contributed by atoms with van der Waals surface area (Å²) < 4.78 is 6.58. The molecule has 0 saturated heterocycles. The Hall–Kier alpha value is 0.127. The van der Waals surface area contributed by atoms with Gasteiger partial charge in [0.2, 0.25) is 9.04 Å². The first-order valence-corrected chi connectivity index (χ1v) is 9.20. The predicted molar refractivity (Wildman–Crippen MR) is 76.0 cm³/mol. The van der Waals surface area contributed by atoms with E-state index in [-0.39, 0.29) is 5.41 Å². The highest BCUT2D eigenvalue weighted by Gasteiger charge is 2.42. The predicted octanol–water partition coefficient (Wildman–Crippen LogP) is 3.95. The van der Waals surface area contributed by atoms with Crippen LogP contribution in [-0.2, 0) is 10.8 Å². The maximum absolute atomic E-state index is 10.7. The standard InChI is InChI=1S/C12H20ClO2SSi/c1-11(2,3)12(14,15-17(4)5)8-9-6-7-10(13)16-9/h6-7,14H,8H2,1-5H3. The van der Waals surface area contributed by atoms with Gasteiger partial charge in [-0.1, -0.05) is 32.4 Å². The largest absolute Gasteiger partial charge is 0.390 e. The van der Waals surface area contributed by atoms with Crippen LogP contribution in [-0.4, -0.2) is 19.9 Å². The minimum absolute atomic E-state index is 0.328. The summed E-state index contributed by atoms with van der Waals surface area (Å²) in [5.41, 5.74) is -0.328. The van der Waals surface area contributed by atoms with E-state index in [9.17, 15) is 5.11 Å². The van der Waals surface area contributed by atoms with E-state index < -0.39 is 14.8 Å². The summed E-state index contributed by atoms with van der Waals surface area (Å²) in [5.74, 6) is -1.13. The maximum Gasteiger partial charge on any atom is 0.208 e. The number of aliphatic hydroxyl groups is 1. The third-order valence-electron chi connectivity index (χ3n) is 2.59. The Balaban J connectivity index is 2.91. The molecule has 0 bridgehead atoms. The summed E-state index contributed by atoms with van der Waals surface area (Å²) >= 11 is 7.41. The molecule has 0 aliphatic heterocycles. The molecule has 1 aromatic rings. The van der Waals surface area contributed by atoms with Crippen molar-refractivity contribution in [2.75, 3.05) is 0 Å². The Kier molecular flexibility index (Phi) is 4.83. The van der Waals surface area contributed by atoms with Gasteiger partial charge in [-0.15, -0.1) is 11.3 Å². The van der Waals surface area contributed by atoms with E-state index in [2.05, 4.69) is 0 Å². The Morgan fingerprint density at radius 3 is 2.29 bits per heavy atom. The van der Waals surface area contributed by atoms with Gasteiger partial charge in [-0.05, 0) is 25.2 Å². The average Bonchev–Trinajstić information content (AvgIpc) is 2.47. The van der Waals surface area contributed by atoms with Crippen LogP contribution >= 0.6 is 22.9 Å². The Morgan fingerprint density at radius 2 is 1.94 bits per heavy atom. The second-order valence-corrected chi connectivity index (χ2v) is 9.25. The highest BCUT2D eigenvalue weighted by atomic mass is 35.5. The molecule has 0 aliphatic carbocycles. The van der Waals surface area contributed by atoms with Crippen LogP contribution in [0.25, 0.3) is 0 Å². The molecule has 2 nitrogen and oxygen atoms in total. The zero-order chi connectivity index (χ0) is 13.3. The van der Waals surface area contributed by atoms with Gasteiger partial charge in [0.15, 0.2) is 5.79 Å². The molecule has 0 fully saturated rings. The molecule has 5 heteroatoms. The monoisotopic (exact) mass is 291 g/mol. The Bertz CT molecular complexity index is 373. The van der Waals surface area contributed by atoms with Crippen molar-refractivity contribution in [2.45, 2.75) is 46.1 Å². The summed E-state index contributed by atoms with van der Waals surface area (Å²) in [6.07, 6.45) is 0.490. The molecule has 97 valence electrons. The lowest BCUT2D eigenvalue weighted by Crippen LogP contribution is -2.49. The van der Waals surface area contributed by atoms with Gasteiger partial charge in [0.1, 0.15) is 0 Å². The van der Waals surface area contributed by atoms with Crippen LogP contribution in [0.2, 0.25) is 17.4 Å². The lowest BCUT2D eigenvalue weighted by Gasteiger charge is -2.41. The minimum atomic E-state index is -1.13. The van der Waals surface area contributed by atoms with Gasteiger partial charge in [0, 0.05) is 16.7 Å². The first-order chi connectivity index (χ1) is 7.64. The molecule has 1 heterocycles. The smallest absolute Gasteiger partial charge is 0.208 e. The first-order valence-electron chi connectivity index (χ1n) is 5.60. The van der Waals surface area contributed by atoms with E-state index in [1.807, 2.05) is 46.0 Å². The summed E-state index contributed by atoms with van der Waals surface area (Å²) in [6, 6.07) is 3.80. The van der Waals surface area contributed by atoms with Crippen LogP contribution in [0.15, 0.2) is 12.1 Å². The van der Waals surface area contributed by atoms with Crippen LogP contribution in [0.5, 0.6) is 0 Å². The lowest BCUT2D eigenvalue weighted by molar-refractivity contribution is -0.208. The van der Waals surface area contributed by atoms with Crippen molar-refractivity contribution in [3.63, 3.8) is 0 Å².